The van der Waals surface area contributed by atoms with Gasteiger partial charge in [-0.1, -0.05) is 39.0 Å². The van der Waals surface area contributed by atoms with Gasteiger partial charge in [0.1, 0.15) is 5.37 Å². The zero-order valence-corrected chi connectivity index (χ0v) is 12.9. The third kappa shape index (κ3) is 3.14. The summed E-state index contributed by atoms with van der Waals surface area (Å²) in [5.41, 5.74) is 2.11. The minimum Gasteiger partial charge on any atom is -0.322 e. The Hall–Kier alpha value is -0.960. The first-order valence-corrected chi connectivity index (χ1v) is 8.21. The fourth-order valence-corrected chi connectivity index (χ4v) is 3.59. The molecule has 0 fully saturated rings. The topological polar surface area (TPSA) is 20.3 Å². The molecule has 1 amide bonds. The van der Waals surface area contributed by atoms with Crippen LogP contribution in [0.3, 0.4) is 0 Å². The van der Waals surface area contributed by atoms with E-state index in [1.165, 1.54) is 5.56 Å². The average Bonchev–Trinajstić information content (AvgIpc) is 2.67. The van der Waals surface area contributed by atoms with Gasteiger partial charge in [0, 0.05) is 12.1 Å². The number of hydrogen-bond acceptors (Lipinski definition) is 2. The maximum atomic E-state index is 12.5. The summed E-state index contributed by atoms with van der Waals surface area (Å²) in [6.07, 6.45) is 2.22. The van der Waals surface area contributed by atoms with Gasteiger partial charge >= 0.3 is 0 Å². The van der Waals surface area contributed by atoms with Gasteiger partial charge in [-0.3, -0.25) is 4.79 Å². The third-order valence-corrected chi connectivity index (χ3v) is 4.90. The fourth-order valence-electron chi connectivity index (χ4n) is 2.36. The number of benzene rings is 1. The Kier molecular flexibility index (Phi) is 4.92. The fraction of sp³-hybridized carbons (Fsp3) is 0.562. The number of amides is 1. The Bertz CT molecular complexity index is 444. The molecule has 1 aliphatic rings. The van der Waals surface area contributed by atoms with Crippen molar-refractivity contribution in [1.82, 2.24) is 4.90 Å². The molecule has 1 atom stereocenters. The van der Waals surface area contributed by atoms with Gasteiger partial charge < -0.3 is 4.90 Å². The van der Waals surface area contributed by atoms with Gasteiger partial charge in [-0.15, -0.1) is 11.8 Å². The van der Waals surface area contributed by atoms with Gasteiger partial charge in [-0.05, 0) is 36.1 Å². The number of hydrogen-bond donors (Lipinski definition) is 0. The number of rotatable bonds is 6. The van der Waals surface area contributed by atoms with Gasteiger partial charge in [0.05, 0.1) is 0 Å². The summed E-state index contributed by atoms with van der Waals surface area (Å²) in [6.45, 7) is 7.48. The van der Waals surface area contributed by atoms with Crippen LogP contribution in [0.5, 0.6) is 0 Å². The zero-order chi connectivity index (χ0) is 13.8. The highest BCUT2D eigenvalue weighted by Crippen LogP contribution is 2.41. The summed E-state index contributed by atoms with van der Waals surface area (Å²) in [6, 6.07) is 8.07. The van der Waals surface area contributed by atoms with Gasteiger partial charge in [0.25, 0.3) is 5.91 Å². The Morgan fingerprint density at radius 1 is 1.32 bits per heavy atom. The van der Waals surface area contributed by atoms with Crippen molar-refractivity contribution in [2.75, 3.05) is 12.3 Å². The van der Waals surface area contributed by atoms with Crippen LogP contribution in [0, 0.1) is 5.92 Å². The van der Waals surface area contributed by atoms with Crippen LogP contribution in [-0.4, -0.2) is 23.1 Å². The van der Waals surface area contributed by atoms with Gasteiger partial charge in [0.15, 0.2) is 0 Å². The van der Waals surface area contributed by atoms with Gasteiger partial charge in [-0.2, -0.15) is 0 Å². The number of nitrogens with zero attached hydrogens (tertiary/aromatic N) is 1. The number of fused-ring (bicyclic) bond motifs is 1. The normalized spacial score (nSPS) is 18.2. The SMILES string of the molecule is CCCS[C@H]1c2ccccc2C(=O)N1CCC(C)C. The van der Waals surface area contributed by atoms with Crippen molar-refractivity contribution in [3.8, 4) is 0 Å². The van der Waals surface area contributed by atoms with Crippen LogP contribution in [0.1, 0.15) is 54.9 Å². The monoisotopic (exact) mass is 277 g/mol. The number of thioether (sulfide) groups is 1. The van der Waals surface area contributed by atoms with E-state index in [-0.39, 0.29) is 11.3 Å². The molecule has 3 heteroatoms. The maximum absolute atomic E-state index is 12.5. The van der Waals surface area contributed by atoms with E-state index in [1.807, 2.05) is 30.0 Å². The van der Waals surface area contributed by atoms with E-state index < -0.39 is 0 Å². The molecule has 2 rings (SSSR count). The molecule has 1 aromatic carbocycles. The highest BCUT2D eigenvalue weighted by atomic mass is 32.2. The summed E-state index contributed by atoms with van der Waals surface area (Å²) >= 11 is 1.90. The van der Waals surface area contributed by atoms with E-state index in [4.69, 9.17) is 0 Å². The Balaban J connectivity index is 2.19. The predicted octanol–water partition coefficient (Wildman–Crippen LogP) is 4.33. The lowest BCUT2D eigenvalue weighted by Crippen LogP contribution is -2.28. The van der Waals surface area contributed by atoms with E-state index in [1.54, 1.807) is 0 Å². The van der Waals surface area contributed by atoms with Crippen molar-refractivity contribution in [1.29, 1.82) is 0 Å². The van der Waals surface area contributed by atoms with Crippen molar-refractivity contribution in [3.63, 3.8) is 0 Å². The minimum absolute atomic E-state index is 0.213. The quantitative estimate of drug-likeness (QED) is 0.771. The smallest absolute Gasteiger partial charge is 0.255 e. The summed E-state index contributed by atoms with van der Waals surface area (Å²) in [7, 11) is 0. The first kappa shape index (κ1) is 14.4. The summed E-state index contributed by atoms with van der Waals surface area (Å²) in [5.74, 6) is 1.95. The molecule has 0 saturated heterocycles. The number of carbonyl (C=O) groups is 1. The molecule has 0 aromatic heterocycles. The van der Waals surface area contributed by atoms with Crippen molar-refractivity contribution >= 4 is 17.7 Å². The molecule has 0 saturated carbocycles. The molecule has 19 heavy (non-hydrogen) atoms. The highest BCUT2D eigenvalue weighted by molar-refractivity contribution is 7.99. The molecule has 0 spiro atoms. The lowest BCUT2D eigenvalue weighted by atomic mass is 10.1. The van der Waals surface area contributed by atoms with E-state index in [2.05, 4.69) is 31.7 Å². The minimum atomic E-state index is 0.213. The van der Waals surface area contributed by atoms with Crippen LogP contribution in [0.2, 0.25) is 0 Å². The molecule has 2 nitrogen and oxygen atoms in total. The molecule has 104 valence electrons. The van der Waals surface area contributed by atoms with Crippen LogP contribution in [-0.2, 0) is 0 Å². The second kappa shape index (κ2) is 6.47. The molecule has 0 radical (unpaired) electrons. The van der Waals surface area contributed by atoms with Crippen molar-refractivity contribution in [2.45, 2.75) is 39.0 Å². The van der Waals surface area contributed by atoms with Gasteiger partial charge in [0.2, 0.25) is 0 Å². The van der Waals surface area contributed by atoms with Crippen LogP contribution in [0.15, 0.2) is 24.3 Å². The zero-order valence-electron chi connectivity index (χ0n) is 12.1. The van der Waals surface area contributed by atoms with Crippen LogP contribution >= 0.6 is 11.8 Å². The average molecular weight is 277 g/mol. The van der Waals surface area contributed by atoms with Crippen LogP contribution in [0.4, 0.5) is 0 Å². The first-order valence-electron chi connectivity index (χ1n) is 7.16. The van der Waals surface area contributed by atoms with Crippen LogP contribution < -0.4 is 0 Å². The van der Waals surface area contributed by atoms with E-state index in [0.717, 1.165) is 30.7 Å². The van der Waals surface area contributed by atoms with Crippen molar-refractivity contribution in [2.24, 2.45) is 5.92 Å². The summed E-state index contributed by atoms with van der Waals surface area (Å²) in [4.78, 5) is 14.6. The molecule has 1 heterocycles. The van der Waals surface area contributed by atoms with Crippen molar-refractivity contribution < 1.29 is 4.79 Å². The second-order valence-corrected chi connectivity index (χ2v) is 6.68. The summed E-state index contributed by atoms with van der Waals surface area (Å²) in [5, 5.41) is 0.224. The second-order valence-electron chi connectivity index (χ2n) is 5.49. The highest BCUT2D eigenvalue weighted by Gasteiger charge is 2.35. The molecule has 1 aliphatic heterocycles. The van der Waals surface area contributed by atoms with E-state index in [9.17, 15) is 4.79 Å². The lowest BCUT2D eigenvalue weighted by Gasteiger charge is -2.25. The largest absolute Gasteiger partial charge is 0.322 e. The predicted molar refractivity (Wildman–Crippen MR) is 82.4 cm³/mol. The Morgan fingerprint density at radius 3 is 2.74 bits per heavy atom. The lowest BCUT2D eigenvalue weighted by molar-refractivity contribution is 0.0766. The Morgan fingerprint density at radius 2 is 2.05 bits per heavy atom. The third-order valence-electron chi connectivity index (χ3n) is 3.43. The van der Waals surface area contributed by atoms with E-state index >= 15 is 0 Å². The summed E-state index contributed by atoms with van der Waals surface area (Å²) < 4.78 is 0. The molecule has 1 aromatic rings. The van der Waals surface area contributed by atoms with Crippen molar-refractivity contribution in [3.05, 3.63) is 35.4 Å². The standard InChI is InChI=1S/C16H23NOS/c1-4-11-19-16-14-8-6-5-7-13(14)15(18)17(16)10-9-12(2)3/h5-8,12,16H,4,9-11H2,1-3H3/t16-/m0/s1. The molecule has 0 N–H and O–H groups in total. The Labute approximate surface area is 120 Å². The molecule has 0 unspecified atom stereocenters. The molecule has 0 aliphatic carbocycles. The van der Waals surface area contributed by atoms with Crippen LogP contribution in [0.25, 0.3) is 0 Å². The molecular formula is C16H23NOS. The van der Waals surface area contributed by atoms with E-state index in [0.29, 0.717) is 5.92 Å². The molecule has 0 bridgehead atoms. The maximum Gasteiger partial charge on any atom is 0.255 e. The molecular weight excluding hydrogens is 254 g/mol. The van der Waals surface area contributed by atoms with Gasteiger partial charge in [-0.25, -0.2) is 0 Å². The number of carbonyl (C=O) groups excluding carboxylic acids is 1. The first-order chi connectivity index (χ1) is 9.15.